The number of rotatable bonds is 8. The molecule has 2 amide bonds. The molecule has 1 saturated heterocycles. The van der Waals surface area contributed by atoms with Crippen molar-refractivity contribution in [3.8, 4) is 27.5 Å². The van der Waals surface area contributed by atoms with E-state index in [-0.39, 0.29) is 17.9 Å². The molecule has 0 unspecified atom stereocenters. The number of aromatic nitrogens is 4. The number of nitrogens with zero attached hydrogens (tertiary/aromatic N) is 5. The maximum absolute atomic E-state index is 13.6. The Kier molecular flexibility index (Phi) is 8.48. The van der Waals surface area contributed by atoms with E-state index in [2.05, 4.69) is 20.5 Å². The number of ether oxygens (including phenoxy) is 1. The molecule has 1 aliphatic heterocycles. The maximum Gasteiger partial charge on any atom is 0.251 e. The molecule has 2 N–H and O–H groups in total. The van der Waals surface area contributed by atoms with Crippen molar-refractivity contribution >= 4 is 28.3 Å². The second-order valence-electron chi connectivity index (χ2n) is 12.3. The van der Waals surface area contributed by atoms with Crippen LogP contribution in [0.5, 0.6) is 0 Å². The lowest BCUT2D eigenvalue weighted by Gasteiger charge is -2.36. The molecule has 3 aromatic heterocycles. The minimum Gasteiger partial charge on any atom is -0.380 e. The van der Waals surface area contributed by atoms with Crippen LogP contribution in [0.1, 0.15) is 72.6 Å². The van der Waals surface area contributed by atoms with E-state index in [1.54, 1.807) is 13.3 Å². The van der Waals surface area contributed by atoms with Crippen molar-refractivity contribution in [2.45, 2.75) is 77.0 Å². The van der Waals surface area contributed by atoms with Gasteiger partial charge in [0.1, 0.15) is 0 Å². The Morgan fingerprint density at radius 2 is 1.91 bits per heavy atom. The van der Waals surface area contributed by atoms with Crippen molar-refractivity contribution in [1.82, 2.24) is 30.0 Å². The van der Waals surface area contributed by atoms with Gasteiger partial charge in [0.15, 0.2) is 5.13 Å². The topological polar surface area (TPSA) is 114 Å². The van der Waals surface area contributed by atoms with Crippen LogP contribution < -0.4 is 10.6 Å². The molecule has 234 valence electrons. The summed E-state index contributed by atoms with van der Waals surface area (Å²) in [6.07, 6.45) is 12.4. The number of benzene rings is 1. The molecule has 2 aliphatic carbocycles. The number of methoxy groups -OCH3 is 1. The highest BCUT2D eigenvalue weighted by atomic mass is 32.1. The Balaban J connectivity index is 1.20. The standard InChI is InChI=1S/C34H39N7O3S/c1-21(42)36-34-38-29-12-11-28-30(22-6-5-15-35-19-22)39-41(31(28)32(29)45-34)26-9-10-27(23(18-26)20-44-2)33(43)37-24-13-16-40(17-14-24)25-7-3-4-8-25/h5-6,9-10,15,18-19,24-25H,3-4,7-8,11-14,16-17,20H2,1-2H3,(H,37,43)(H,36,38,42). The average Bonchev–Trinajstić information content (AvgIpc) is 3.80. The van der Waals surface area contributed by atoms with Crippen molar-refractivity contribution < 1.29 is 14.3 Å². The van der Waals surface area contributed by atoms with Crippen LogP contribution in [-0.4, -0.2) is 68.7 Å². The lowest BCUT2D eigenvalue weighted by Crippen LogP contribution is -2.47. The molecule has 11 heteroatoms. The molecule has 0 spiro atoms. The summed E-state index contributed by atoms with van der Waals surface area (Å²) in [5.74, 6) is -0.209. The highest BCUT2D eigenvalue weighted by Gasteiger charge is 2.31. The first-order chi connectivity index (χ1) is 22.0. The third-order valence-electron chi connectivity index (χ3n) is 9.31. The van der Waals surface area contributed by atoms with E-state index in [4.69, 9.17) is 14.8 Å². The highest BCUT2D eigenvalue weighted by Crippen LogP contribution is 2.44. The number of carbonyl (C=O) groups is 2. The minimum absolute atomic E-state index is 0.0591. The monoisotopic (exact) mass is 625 g/mol. The zero-order valence-electron chi connectivity index (χ0n) is 25.8. The van der Waals surface area contributed by atoms with Gasteiger partial charge in [0.2, 0.25) is 5.91 Å². The predicted octanol–water partition coefficient (Wildman–Crippen LogP) is 5.40. The number of fused-ring (bicyclic) bond motifs is 3. The van der Waals surface area contributed by atoms with Crippen LogP contribution in [0.25, 0.3) is 27.5 Å². The smallest absolute Gasteiger partial charge is 0.251 e. The number of amides is 2. The van der Waals surface area contributed by atoms with Crippen molar-refractivity contribution in [3.05, 3.63) is 65.1 Å². The first-order valence-corrected chi connectivity index (χ1v) is 16.8. The molecular formula is C34H39N7O3S. The van der Waals surface area contributed by atoms with Crippen molar-refractivity contribution in [3.63, 3.8) is 0 Å². The third kappa shape index (κ3) is 6.04. The van der Waals surface area contributed by atoms with E-state index in [1.807, 2.05) is 41.2 Å². The van der Waals surface area contributed by atoms with Crippen LogP contribution in [0.2, 0.25) is 0 Å². The van der Waals surface area contributed by atoms with E-state index >= 15 is 0 Å². The fourth-order valence-corrected chi connectivity index (χ4v) is 8.26. The molecule has 0 bridgehead atoms. The lowest BCUT2D eigenvalue weighted by molar-refractivity contribution is -0.114. The number of carbonyl (C=O) groups excluding carboxylic acids is 2. The van der Waals surface area contributed by atoms with Crippen molar-refractivity contribution in [2.75, 3.05) is 25.5 Å². The summed E-state index contributed by atoms with van der Waals surface area (Å²) in [4.78, 5) is 38.1. The first-order valence-electron chi connectivity index (χ1n) is 16.0. The summed E-state index contributed by atoms with van der Waals surface area (Å²) < 4.78 is 7.53. The van der Waals surface area contributed by atoms with Gasteiger partial charge >= 0.3 is 0 Å². The fraction of sp³-hybridized carbons (Fsp3) is 0.441. The third-order valence-corrected chi connectivity index (χ3v) is 10.3. The van der Waals surface area contributed by atoms with E-state index in [1.165, 1.54) is 43.9 Å². The minimum atomic E-state index is -0.150. The van der Waals surface area contributed by atoms with Crippen molar-refractivity contribution in [1.29, 1.82) is 0 Å². The number of likely N-dealkylation sites (tertiary alicyclic amines) is 1. The molecule has 1 aromatic carbocycles. The van der Waals surface area contributed by atoms with Crippen LogP contribution in [0, 0.1) is 0 Å². The molecule has 45 heavy (non-hydrogen) atoms. The van der Waals surface area contributed by atoms with Gasteiger partial charge < -0.3 is 20.3 Å². The molecule has 7 rings (SSSR count). The summed E-state index contributed by atoms with van der Waals surface area (Å²) >= 11 is 1.46. The van der Waals surface area contributed by atoms with E-state index < -0.39 is 0 Å². The Labute approximate surface area is 267 Å². The van der Waals surface area contributed by atoms with Gasteiger partial charge in [-0.1, -0.05) is 24.2 Å². The van der Waals surface area contributed by atoms with Crippen LogP contribution in [-0.2, 0) is 29.0 Å². The first kappa shape index (κ1) is 29.8. The number of piperidine rings is 1. The second kappa shape index (κ2) is 12.8. The normalized spacial score (nSPS) is 17.2. The zero-order chi connectivity index (χ0) is 30.9. The molecule has 4 heterocycles. The average molecular weight is 626 g/mol. The van der Waals surface area contributed by atoms with Gasteiger partial charge in [0.25, 0.3) is 5.91 Å². The molecule has 0 radical (unpaired) electrons. The number of hydrogen-bond donors (Lipinski definition) is 2. The highest BCUT2D eigenvalue weighted by molar-refractivity contribution is 7.19. The van der Waals surface area contributed by atoms with Gasteiger partial charge in [-0.25, -0.2) is 9.67 Å². The van der Waals surface area contributed by atoms with E-state index in [9.17, 15) is 9.59 Å². The molecule has 1 saturated carbocycles. The summed E-state index contributed by atoms with van der Waals surface area (Å²) in [5.41, 5.74) is 7.10. The molecule has 10 nitrogen and oxygen atoms in total. The number of thiazole rings is 1. The van der Waals surface area contributed by atoms with Gasteiger partial charge in [-0.05, 0) is 74.4 Å². The predicted molar refractivity (Wildman–Crippen MR) is 175 cm³/mol. The Morgan fingerprint density at radius 3 is 2.64 bits per heavy atom. The van der Waals surface area contributed by atoms with Gasteiger partial charge in [-0.15, -0.1) is 0 Å². The summed E-state index contributed by atoms with van der Waals surface area (Å²) in [7, 11) is 1.65. The van der Waals surface area contributed by atoms with Gasteiger partial charge in [-0.3, -0.25) is 14.6 Å². The summed E-state index contributed by atoms with van der Waals surface area (Å²) in [6.45, 7) is 3.89. The molecule has 0 atom stereocenters. The Morgan fingerprint density at radius 1 is 1.09 bits per heavy atom. The number of hydrogen-bond acceptors (Lipinski definition) is 8. The quantitative estimate of drug-likeness (QED) is 0.270. The van der Waals surface area contributed by atoms with Crippen molar-refractivity contribution in [2.24, 2.45) is 0 Å². The molecule has 3 aliphatic rings. The maximum atomic E-state index is 13.6. The van der Waals surface area contributed by atoms with Crippen LogP contribution in [0.3, 0.4) is 0 Å². The number of nitrogens with one attached hydrogen (secondary N) is 2. The van der Waals surface area contributed by atoms with Crippen LogP contribution in [0.15, 0.2) is 42.7 Å². The zero-order valence-corrected chi connectivity index (χ0v) is 26.7. The Bertz CT molecular complexity index is 1700. The summed E-state index contributed by atoms with van der Waals surface area (Å²) in [5, 5.41) is 11.9. The largest absolute Gasteiger partial charge is 0.380 e. The van der Waals surface area contributed by atoms with E-state index in [0.29, 0.717) is 17.3 Å². The number of pyridine rings is 1. The Hall–Kier alpha value is -3.93. The van der Waals surface area contributed by atoms with Crippen LogP contribution >= 0.6 is 11.3 Å². The molecular weight excluding hydrogens is 586 g/mol. The van der Waals surface area contributed by atoms with E-state index in [0.717, 1.165) is 89.2 Å². The van der Waals surface area contributed by atoms with Gasteiger partial charge in [0.05, 0.1) is 34.3 Å². The van der Waals surface area contributed by atoms with Gasteiger partial charge in [0, 0.05) is 68.3 Å². The summed E-state index contributed by atoms with van der Waals surface area (Å²) in [6, 6.07) is 10.7. The second-order valence-corrected chi connectivity index (χ2v) is 13.3. The fourth-order valence-electron chi connectivity index (χ4n) is 7.15. The van der Waals surface area contributed by atoms with Gasteiger partial charge in [-0.2, -0.15) is 5.10 Å². The number of aryl methyl sites for hydroxylation is 1. The SMILES string of the molecule is COCc1cc(-n2nc(-c3cccnc3)c3c2-c2sc(NC(C)=O)nc2CC3)ccc1C(=O)NC1CCN(C2CCCC2)CC1. The molecule has 2 fully saturated rings. The number of anilines is 1. The lowest BCUT2D eigenvalue weighted by atomic mass is 9.95. The van der Waals surface area contributed by atoms with Crippen LogP contribution in [0.4, 0.5) is 5.13 Å². The molecule has 4 aromatic rings.